The number of aromatic nitrogens is 4. The lowest BCUT2D eigenvalue weighted by Crippen LogP contribution is -2.01. The van der Waals surface area contributed by atoms with Crippen molar-refractivity contribution < 1.29 is 0 Å². The molecule has 286 valence electrons. The molecule has 11 aromatic rings. The fraction of sp³-hybridized carbons (Fsp3) is 0. The van der Waals surface area contributed by atoms with E-state index in [-0.39, 0.29) is 0 Å². The second-order valence-corrected chi connectivity index (χ2v) is 15.2. The van der Waals surface area contributed by atoms with Crippen LogP contribution in [0.2, 0.25) is 0 Å². The van der Waals surface area contributed by atoms with Gasteiger partial charge >= 0.3 is 0 Å². The summed E-state index contributed by atoms with van der Waals surface area (Å²) in [6, 6.07) is 81.3. The van der Waals surface area contributed by atoms with Gasteiger partial charge in [0, 0.05) is 33.2 Å². The van der Waals surface area contributed by atoms with Crippen molar-refractivity contribution in [2.24, 2.45) is 0 Å². The van der Waals surface area contributed by atoms with E-state index in [4.69, 9.17) is 15.0 Å². The molecule has 0 radical (unpaired) electrons. The first-order chi connectivity index (χ1) is 30.2. The van der Waals surface area contributed by atoms with Crippen LogP contribution in [-0.2, 0) is 0 Å². The predicted octanol–water partition coefficient (Wildman–Crippen LogP) is 14.6. The molecule has 0 aliphatic heterocycles. The van der Waals surface area contributed by atoms with Gasteiger partial charge in [-0.05, 0) is 80.9 Å². The SMILES string of the molecule is c1ccc(-c2ccc(-c3nc(-c4ccccc4)nc(-c4cc(-c5ccccc5)c5c6cc(-c7ccccc7)ccc6n(-c6cccc(-c7ccccc7)c6)c5c4)n3)cc2)cc1. The summed E-state index contributed by atoms with van der Waals surface area (Å²) >= 11 is 0. The third kappa shape index (κ3) is 6.86. The van der Waals surface area contributed by atoms with E-state index in [2.05, 4.69) is 211 Å². The van der Waals surface area contributed by atoms with Crippen molar-refractivity contribution in [1.82, 2.24) is 19.5 Å². The Morgan fingerprint density at radius 3 is 1.25 bits per heavy atom. The van der Waals surface area contributed by atoms with Crippen LogP contribution in [0, 0.1) is 0 Å². The van der Waals surface area contributed by atoms with Crippen LogP contribution in [0.1, 0.15) is 0 Å². The minimum atomic E-state index is 0.606. The quantitative estimate of drug-likeness (QED) is 0.154. The van der Waals surface area contributed by atoms with Gasteiger partial charge in [0.25, 0.3) is 0 Å². The van der Waals surface area contributed by atoms with Gasteiger partial charge in [-0.25, -0.2) is 15.0 Å². The highest BCUT2D eigenvalue weighted by Gasteiger charge is 2.21. The maximum atomic E-state index is 5.28. The first kappa shape index (κ1) is 35.9. The number of hydrogen-bond acceptors (Lipinski definition) is 3. The summed E-state index contributed by atoms with van der Waals surface area (Å²) in [6.45, 7) is 0. The molecule has 61 heavy (non-hydrogen) atoms. The van der Waals surface area contributed by atoms with Crippen molar-refractivity contribution in [2.45, 2.75) is 0 Å². The average Bonchev–Trinajstić information content (AvgIpc) is 3.68. The normalized spacial score (nSPS) is 11.3. The van der Waals surface area contributed by atoms with Gasteiger partial charge in [0.2, 0.25) is 0 Å². The van der Waals surface area contributed by atoms with Gasteiger partial charge in [-0.3, -0.25) is 0 Å². The van der Waals surface area contributed by atoms with Crippen LogP contribution in [0.5, 0.6) is 0 Å². The maximum absolute atomic E-state index is 5.28. The summed E-state index contributed by atoms with van der Waals surface area (Å²) in [4.78, 5) is 15.6. The van der Waals surface area contributed by atoms with Crippen LogP contribution >= 0.6 is 0 Å². The van der Waals surface area contributed by atoms with Crippen LogP contribution in [0.4, 0.5) is 0 Å². The van der Waals surface area contributed by atoms with E-state index in [0.29, 0.717) is 17.5 Å². The Morgan fingerprint density at radius 2 is 0.672 bits per heavy atom. The summed E-state index contributed by atoms with van der Waals surface area (Å²) in [5.74, 6) is 1.85. The molecule has 0 amide bonds. The molecular formula is C57H38N4. The second kappa shape index (κ2) is 15.5. The van der Waals surface area contributed by atoms with Crippen LogP contribution < -0.4 is 0 Å². The molecule has 0 saturated heterocycles. The van der Waals surface area contributed by atoms with Crippen LogP contribution in [0.25, 0.3) is 106 Å². The molecule has 0 aliphatic rings. The molecular weight excluding hydrogens is 741 g/mol. The molecule has 0 saturated carbocycles. The smallest absolute Gasteiger partial charge is 0.164 e. The first-order valence-corrected chi connectivity index (χ1v) is 20.6. The molecule has 0 bridgehead atoms. The fourth-order valence-electron chi connectivity index (χ4n) is 8.46. The second-order valence-electron chi connectivity index (χ2n) is 15.2. The van der Waals surface area contributed by atoms with Crippen LogP contribution in [0.3, 0.4) is 0 Å². The number of rotatable bonds is 8. The van der Waals surface area contributed by atoms with E-state index in [1.54, 1.807) is 0 Å². The van der Waals surface area contributed by atoms with E-state index in [0.717, 1.165) is 61.2 Å². The van der Waals surface area contributed by atoms with Crippen molar-refractivity contribution in [3.05, 3.63) is 231 Å². The molecule has 4 heteroatoms. The van der Waals surface area contributed by atoms with Crippen molar-refractivity contribution in [2.75, 3.05) is 0 Å². The molecule has 0 fully saturated rings. The molecule has 11 rings (SSSR count). The van der Waals surface area contributed by atoms with E-state index >= 15 is 0 Å². The molecule has 2 heterocycles. The van der Waals surface area contributed by atoms with E-state index in [1.807, 2.05) is 24.3 Å². The number of hydrogen-bond donors (Lipinski definition) is 0. The minimum Gasteiger partial charge on any atom is -0.309 e. The third-order valence-corrected chi connectivity index (χ3v) is 11.4. The zero-order chi connectivity index (χ0) is 40.5. The molecule has 0 atom stereocenters. The maximum Gasteiger partial charge on any atom is 0.164 e. The van der Waals surface area contributed by atoms with Gasteiger partial charge in [0.05, 0.1) is 11.0 Å². The molecule has 0 N–H and O–H groups in total. The van der Waals surface area contributed by atoms with Crippen molar-refractivity contribution in [3.63, 3.8) is 0 Å². The highest BCUT2D eigenvalue weighted by molar-refractivity contribution is 6.17. The Hall–Kier alpha value is -8.21. The molecule has 0 spiro atoms. The molecule has 2 aromatic heterocycles. The molecule has 0 aliphatic carbocycles. The highest BCUT2D eigenvalue weighted by Crippen LogP contribution is 2.43. The Balaban J connectivity index is 1.19. The zero-order valence-corrected chi connectivity index (χ0v) is 33.2. The van der Waals surface area contributed by atoms with Crippen molar-refractivity contribution in [3.8, 4) is 84.4 Å². The molecule has 0 unspecified atom stereocenters. The fourth-order valence-corrected chi connectivity index (χ4v) is 8.46. The number of fused-ring (bicyclic) bond motifs is 3. The van der Waals surface area contributed by atoms with E-state index in [9.17, 15) is 0 Å². The summed E-state index contributed by atoms with van der Waals surface area (Å²) in [5, 5.41) is 2.34. The zero-order valence-electron chi connectivity index (χ0n) is 33.2. The van der Waals surface area contributed by atoms with Crippen LogP contribution in [0.15, 0.2) is 231 Å². The lowest BCUT2D eigenvalue weighted by atomic mass is 9.95. The topological polar surface area (TPSA) is 43.6 Å². The summed E-state index contributed by atoms with van der Waals surface area (Å²) in [6.07, 6.45) is 0. The first-order valence-electron chi connectivity index (χ1n) is 20.6. The van der Waals surface area contributed by atoms with Gasteiger partial charge in [0.15, 0.2) is 17.5 Å². The van der Waals surface area contributed by atoms with Gasteiger partial charge in [-0.15, -0.1) is 0 Å². The van der Waals surface area contributed by atoms with Crippen molar-refractivity contribution in [1.29, 1.82) is 0 Å². The van der Waals surface area contributed by atoms with Gasteiger partial charge in [-0.2, -0.15) is 0 Å². The predicted molar refractivity (Wildman–Crippen MR) is 252 cm³/mol. The Bertz CT molecular complexity index is 3310. The van der Waals surface area contributed by atoms with Gasteiger partial charge in [-0.1, -0.05) is 194 Å². The minimum absolute atomic E-state index is 0.606. The van der Waals surface area contributed by atoms with E-state index in [1.165, 1.54) is 27.5 Å². The lowest BCUT2D eigenvalue weighted by Gasteiger charge is -2.14. The summed E-state index contributed by atoms with van der Waals surface area (Å²) < 4.78 is 2.41. The van der Waals surface area contributed by atoms with Crippen LogP contribution in [-0.4, -0.2) is 19.5 Å². The lowest BCUT2D eigenvalue weighted by molar-refractivity contribution is 1.07. The monoisotopic (exact) mass is 778 g/mol. The molecule has 9 aromatic carbocycles. The molecule has 4 nitrogen and oxygen atoms in total. The Kier molecular flexibility index (Phi) is 9.14. The third-order valence-electron chi connectivity index (χ3n) is 11.4. The van der Waals surface area contributed by atoms with Gasteiger partial charge < -0.3 is 4.57 Å². The largest absolute Gasteiger partial charge is 0.309 e. The van der Waals surface area contributed by atoms with Gasteiger partial charge in [0.1, 0.15) is 0 Å². The Labute approximate surface area is 354 Å². The number of benzene rings is 9. The standard InChI is InChI=1S/C57H38N4/c1-6-17-39(18-7-1)42-29-31-45(32-30-42)56-58-55(44-25-14-5-15-26-44)59-57(60-56)48-37-50(43-23-12-4-13-24-43)54-51-36-47(41-21-10-3-11-22-41)33-34-52(51)61(53(54)38-48)49-28-16-27-46(35-49)40-19-8-2-9-20-40/h1-38H. The van der Waals surface area contributed by atoms with Crippen molar-refractivity contribution >= 4 is 21.8 Å². The highest BCUT2D eigenvalue weighted by atomic mass is 15.0. The Morgan fingerprint density at radius 1 is 0.262 bits per heavy atom. The number of nitrogens with zero attached hydrogens (tertiary/aromatic N) is 4. The summed E-state index contributed by atoms with van der Waals surface area (Å²) in [7, 11) is 0. The van der Waals surface area contributed by atoms with E-state index < -0.39 is 0 Å². The summed E-state index contributed by atoms with van der Waals surface area (Å²) in [5.41, 5.74) is 15.2. The average molecular weight is 779 g/mol.